The number of carboxylic acid groups (broad SMARTS) is 1. The molecule has 0 saturated carbocycles. The summed E-state index contributed by atoms with van der Waals surface area (Å²) in [5.74, 6) is -0.883. The summed E-state index contributed by atoms with van der Waals surface area (Å²) in [5, 5.41) is 12.2. The Labute approximate surface area is 115 Å². The molecule has 3 atom stereocenters. The van der Waals surface area contributed by atoms with E-state index in [1.165, 1.54) is 4.90 Å². The van der Waals surface area contributed by atoms with Crippen LogP contribution in [0.1, 0.15) is 52.9 Å². The van der Waals surface area contributed by atoms with E-state index in [0.29, 0.717) is 6.54 Å². The lowest BCUT2D eigenvalue weighted by atomic mass is 9.91. The second-order valence-corrected chi connectivity index (χ2v) is 5.59. The number of hydrogen-bond donors (Lipinski definition) is 2. The fraction of sp³-hybridized carbons (Fsp3) is 0.857. The van der Waals surface area contributed by atoms with Gasteiger partial charge in [0.1, 0.15) is 6.04 Å². The molecule has 5 heteroatoms. The molecule has 5 nitrogen and oxygen atoms in total. The molecule has 1 saturated heterocycles. The summed E-state index contributed by atoms with van der Waals surface area (Å²) in [4.78, 5) is 25.0. The van der Waals surface area contributed by atoms with Crippen molar-refractivity contribution >= 4 is 12.0 Å². The Hall–Kier alpha value is -1.26. The van der Waals surface area contributed by atoms with Gasteiger partial charge in [0.15, 0.2) is 0 Å². The monoisotopic (exact) mass is 270 g/mol. The molecule has 3 unspecified atom stereocenters. The highest BCUT2D eigenvalue weighted by Gasteiger charge is 2.37. The summed E-state index contributed by atoms with van der Waals surface area (Å²) < 4.78 is 0. The number of likely N-dealkylation sites (tertiary alicyclic amines) is 1. The van der Waals surface area contributed by atoms with Gasteiger partial charge in [-0.3, -0.25) is 0 Å². The van der Waals surface area contributed by atoms with E-state index in [4.69, 9.17) is 0 Å². The molecule has 0 radical (unpaired) electrons. The molecule has 2 amide bonds. The average molecular weight is 270 g/mol. The van der Waals surface area contributed by atoms with Crippen LogP contribution in [0.3, 0.4) is 0 Å². The van der Waals surface area contributed by atoms with Gasteiger partial charge in [0.05, 0.1) is 0 Å². The molecule has 1 aliphatic rings. The zero-order valence-electron chi connectivity index (χ0n) is 12.2. The molecule has 1 rings (SSSR count). The number of aliphatic carboxylic acids is 1. The molecule has 0 aromatic rings. The van der Waals surface area contributed by atoms with E-state index in [0.717, 1.165) is 32.1 Å². The molecule has 2 N–H and O–H groups in total. The lowest BCUT2D eigenvalue weighted by Crippen LogP contribution is -2.56. The first kappa shape index (κ1) is 15.8. The lowest BCUT2D eigenvalue weighted by Gasteiger charge is -2.37. The van der Waals surface area contributed by atoms with Gasteiger partial charge in [-0.05, 0) is 32.1 Å². The molecule has 1 fully saturated rings. The molecule has 1 heterocycles. The third-order valence-corrected chi connectivity index (χ3v) is 3.81. The van der Waals surface area contributed by atoms with E-state index < -0.39 is 12.0 Å². The van der Waals surface area contributed by atoms with Gasteiger partial charge in [-0.25, -0.2) is 9.59 Å². The predicted octanol–water partition coefficient (Wildman–Crippen LogP) is 2.46. The highest BCUT2D eigenvalue weighted by atomic mass is 16.4. The van der Waals surface area contributed by atoms with Gasteiger partial charge in [-0.2, -0.15) is 0 Å². The number of carboxylic acids is 1. The molecule has 0 spiro atoms. The number of nitrogens with one attached hydrogen (secondary N) is 1. The third kappa shape index (κ3) is 4.40. The van der Waals surface area contributed by atoms with Gasteiger partial charge in [0.25, 0.3) is 0 Å². The Morgan fingerprint density at radius 1 is 1.47 bits per heavy atom. The SMILES string of the molecule is CCCCC(C)NC(=O)N1CCCC(C)C1C(=O)O. The highest BCUT2D eigenvalue weighted by molar-refractivity contribution is 5.83. The number of unbranched alkanes of at least 4 members (excludes halogenated alkanes) is 1. The largest absolute Gasteiger partial charge is 0.480 e. The van der Waals surface area contributed by atoms with Crippen molar-refractivity contribution in [2.24, 2.45) is 5.92 Å². The van der Waals surface area contributed by atoms with Crippen LogP contribution >= 0.6 is 0 Å². The van der Waals surface area contributed by atoms with Crippen LogP contribution in [-0.4, -0.2) is 40.6 Å². The zero-order chi connectivity index (χ0) is 14.4. The van der Waals surface area contributed by atoms with Crippen LogP contribution in [0, 0.1) is 5.92 Å². The molecule has 0 aromatic carbocycles. The molecular formula is C14H26N2O3. The minimum Gasteiger partial charge on any atom is -0.480 e. The van der Waals surface area contributed by atoms with Crippen molar-refractivity contribution < 1.29 is 14.7 Å². The summed E-state index contributed by atoms with van der Waals surface area (Å²) in [6, 6.07) is -0.825. The minimum absolute atomic E-state index is 0.0166. The van der Waals surface area contributed by atoms with Crippen LogP contribution < -0.4 is 5.32 Å². The minimum atomic E-state index is -0.899. The van der Waals surface area contributed by atoms with Crippen molar-refractivity contribution in [1.29, 1.82) is 0 Å². The zero-order valence-corrected chi connectivity index (χ0v) is 12.2. The van der Waals surface area contributed by atoms with E-state index in [9.17, 15) is 14.7 Å². The summed E-state index contributed by atoms with van der Waals surface area (Å²) in [6.07, 6.45) is 4.84. The van der Waals surface area contributed by atoms with Gasteiger partial charge in [-0.15, -0.1) is 0 Å². The number of nitrogens with zero attached hydrogens (tertiary/aromatic N) is 1. The van der Waals surface area contributed by atoms with Gasteiger partial charge < -0.3 is 15.3 Å². The van der Waals surface area contributed by atoms with E-state index in [-0.39, 0.29) is 18.0 Å². The van der Waals surface area contributed by atoms with Gasteiger partial charge in [0.2, 0.25) is 0 Å². The maximum atomic E-state index is 12.2. The maximum absolute atomic E-state index is 12.2. The predicted molar refractivity (Wildman–Crippen MR) is 74.0 cm³/mol. The standard InChI is InChI=1S/C14H26N2O3/c1-4-5-8-11(3)15-14(19)16-9-6-7-10(2)12(16)13(17)18/h10-12H,4-9H2,1-3H3,(H,15,19)(H,17,18). The third-order valence-electron chi connectivity index (χ3n) is 3.81. The Morgan fingerprint density at radius 2 is 2.16 bits per heavy atom. The summed E-state index contributed by atoms with van der Waals surface area (Å²) >= 11 is 0. The second-order valence-electron chi connectivity index (χ2n) is 5.59. The van der Waals surface area contributed by atoms with Gasteiger partial charge >= 0.3 is 12.0 Å². The fourth-order valence-electron chi connectivity index (χ4n) is 2.67. The van der Waals surface area contributed by atoms with Crippen molar-refractivity contribution in [1.82, 2.24) is 10.2 Å². The van der Waals surface area contributed by atoms with Gasteiger partial charge in [-0.1, -0.05) is 26.7 Å². The first-order valence-electron chi connectivity index (χ1n) is 7.27. The number of carbonyl (C=O) groups excluding carboxylic acids is 1. The van der Waals surface area contributed by atoms with Gasteiger partial charge in [0, 0.05) is 12.6 Å². The van der Waals surface area contributed by atoms with Crippen molar-refractivity contribution in [3.05, 3.63) is 0 Å². The molecule has 110 valence electrons. The maximum Gasteiger partial charge on any atom is 0.326 e. The van der Waals surface area contributed by atoms with E-state index >= 15 is 0 Å². The van der Waals surface area contributed by atoms with Crippen LogP contribution in [0.2, 0.25) is 0 Å². The van der Waals surface area contributed by atoms with Crippen LogP contribution in [0.15, 0.2) is 0 Å². The van der Waals surface area contributed by atoms with Crippen LogP contribution in [0.5, 0.6) is 0 Å². The van der Waals surface area contributed by atoms with E-state index in [1.807, 2.05) is 13.8 Å². The summed E-state index contributed by atoms with van der Waals surface area (Å²) in [6.45, 7) is 6.52. The number of amides is 2. The number of carbonyl (C=O) groups is 2. The molecule has 0 aliphatic carbocycles. The van der Waals surface area contributed by atoms with Crippen molar-refractivity contribution in [2.75, 3.05) is 6.54 Å². The number of hydrogen-bond acceptors (Lipinski definition) is 2. The number of urea groups is 1. The summed E-state index contributed by atoms with van der Waals surface area (Å²) in [7, 11) is 0. The Bertz CT molecular complexity index is 320. The normalized spacial score (nSPS) is 24.9. The highest BCUT2D eigenvalue weighted by Crippen LogP contribution is 2.23. The average Bonchev–Trinajstić information content (AvgIpc) is 2.35. The lowest BCUT2D eigenvalue weighted by molar-refractivity contribution is -0.145. The fourth-order valence-corrected chi connectivity index (χ4v) is 2.67. The summed E-state index contributed by atoms with van der Waals surface area (Å²) in [5.41, 5.74) is 0. The molecule has 1 aliphatic heterocycles. The number of rotatable bonds is 5. The van der Waals surface area contributed by atoms with E-state index in [1.54, 1.807) is 0 Å². The van der Waals surface area contributed by atoms with Crippen molar-refractivity contribution in [3.63, 3.8) is 0 Å². The molecule has 19 heavy (non-hydrogen) atoms. The van der Waals surface area contributed by atoms with Crippen LogP contribution in [-0.2, 0) is 4.79 Å². The Balaban J connectivity index is 2.60. The topological polar surface area (TPSA) is 69.6 Å². The number of piperidine rings is 1. The van der Waals surface area contributed by atoms with Crippen LogP contribution in [0.25, 0.3) is 0 Å². The second kappa shape index (κ2) is 7.36. The van der Waals surface area contributed by atoms with E-state index in [2.05, 4.69) is 12.2 Å². The van der Waals surface area contributed by atoms with Crippen molar-refractivity contribution in [3.8, 4) is 0 Å². The first-order chi connectivity index (χ1) is 8.97. The Kier molecular flexibility index (Phi) is 6.12. The van der Waals surface area contributed by atoms with Crippen molar-refractivity contribution in [2.45, 2.75) is 65.0 Å². The quantitative estimate of drug-likeness (QED) is 0.806. The molecule has 0 bridgehead atoms. The smallest absolute Gasteiger partial charge is 0.326 e. The molecular weight excluding hydrogens is 244 g/mol. The van der Waals surface area contributed by atoms with Crippen LogP contribution in [0.4, 0.5) is 4.79 Å². The first-order valence-corrected chi connectivity index (χ1v) is 7.27. The Morgan fingerprint density at radius 3 is 2.74 bits per heavy atom. The molecule has 0 aromatic heterocycles.